The molecule has 164 valence electrons. The number of nitrogens with one attached hydrogen (secondary N) is 1. The van der Waals surface area contributed by atoms with Gasteiger partial charge in [-0.2, -0.15) is 0 Å². The Bertz CT molecular complexity index is 748. The number of likely N-dealkylation sites (tertiary alicyclic amines) is 1. The zero-order valence-corrected chi connectivity index (χ0v) is 18.4. The lowest BCUT2D eigenvalue weighted by atomic mass is 9.78. The Hall–Kier alpha value is -1.63. The molecule has 3 fully saturated rings. The van der Waals surface area contributed by atoms with Gasteiger partial charge in [0.2, 0.25) is 11.8 Å². The summed E-state index contributed by atoms with van der Waals surface area (Å²) in [4.78, 5) is 31.9. The minimum atomic E-state index is -0.0516. The fraction of sp³-hybridized carbons (Fsp3) is 0.652. The number of hydrogen-bond donors (Lipinski definition) is 1. The van der Waals surface area contributed by atoms with E-state index in [-0.39, 0.29) is 5.91 Å². The Morgan fingerprint density at radius 2 is 1.57 bits per heavy atom. The van der Waals surface area contributed by atoms with E-state index in [1.165, 1.54) is 32.1 Å². The van der Waals surface area contributed by atoms with Gasteiger partial charge in [-0.15, -0.1) is 0 Å². The van der Waals surface area contributed by atoms with Crippen LogP contribution in [0.1, 0.15) is 38.5 Å². The zero-order chi connectivity index (χ0) is 20.9. The zero-order valence-electron chi connectivity index (χ0n) is 17.7. The number of benzene rings is 1. The molecule has 2 aliphatic heterocycles. The molecule has 4 rings (SSSR count). The second-order valence-corrected chi connectivity index (χ2v) is 9.33. The fourth-order valence-corrected chi connectivity index (χ4v) is 5.46. The minimum absolute atomic E-state index is 0.0516. The first kappa shape index (κ1) is 21.6. The first-order chi connectivity index (χ1) is 14.6. The number of amides is 2. The standard InChI is InChI=1S/C23H33ClN4O2/c24-19-8-2-3-9-20(19)25-22(29)16-26-12-14-27(15-13-26)17-23(30)28-11-5-7-18-6-1-4-10-21(18)28/h2-3,8-9,18,21H,1,4-7,10-17H2,(H,25,29)/t18-,21-/m1/s1. The van der Waals surface area contributed by atoms with E-state index < -0.39 is 0 Å². The number of carbonyl (C=O) groups excluding carboxylic acids is 2. The first-order valence-corrected chi connectivity index (χ1v) is 11.8. The van der Waals surface area contributed by atoms with E-state index in [9.17, 15) is 9.59 Å². The van der Waals surface area contributed by atoms with Gasteiger partial charge in [0, 0.05) is 38.8 Å². The maximum atomic E-state index is 13.0. The second kappa shape index (κ2) is 10.1. The monoisotopic (exact) mass is 432 g/mol. The molecular weight excluding hydrogens is 400 g/mol. The molecule has 2 amide bonds. The van der Waals surface area contributed by atoms with Gasteiger partial charge in [-0.05, 0) is 43.7 Å². The average molecular weight is 433 g/mol. The maximum Gasteiger partial charge on any atom is 0.238 e. The molecule has 1 N–H and O–H groups in total. The first-order valence-electron chi connectivity index (χ1n) is 11.4. The number of carbonyl (C=O) groups is 2. The molecule has 2 heterocycles. The fourth-order valence-electron chi connectivity index (χ4n) is 5.28. The molecule has 0 radical (unpaired) electrons. The number of hydrogen-bond acceptors (Lipinski definition) is 4. The topological polar surface area (TPSA) is 55.9 Å². The summed E-state index contributed by atoms with van der Waals surface area (Å²) in [5, 5.41) is 3.43. The highest BCUT2D eigenvalue weighted by Gasteiger charge is 2.36. The van der Waals surface area contributed by atoms with Crippen LogP contribution in [0.5, 0.6) is 0 Å². The Kier molecular flexibility index (Phi) is 7.28. The van der Waals surface area contributed by atoms with Crippen LogP contribution in [-0.2, 0) is 9.59 Å². The highest BCUT2D eigenvalue weighted by atomic mass is 35.5. The SMILES string of the molecule is O=C(CN1CCN(CC(=O)N2CCC[C@H]3CCCC[C@H]32)CC1)Nc1ccccc1Cl. The van der Waals surface area contributed by atoms with Crippen molar-refractivity contribution in [2.75, 3.05) is 51.1 Å². The number of halogens is 1. The summed E-state index contributed by atoms with van der Waals surface area (Å²) in [6.45, 7) is 5.05. The minimum Gasteiger partial charge on any atom is -0.338 e. The summed E-state index contributed by atoms with van der Waals surface area (Å²) < 4.78 is 0. The van der Waals surface area contributed by atoms with Gasteiger partial charge in [0.25, 0.3) is 0 Å². The molecular formula is C23H33ClN4O2. The molecule has 0 aromatic heterocycles. The summed E-state index contributed by atoms with van der Waals surface area (Å²) in [7, 11) is 0. The Morgan fingerprint density at radius 1 is 0.900 bits per heavy atom. The number of fused-ring (bicyclic) bond motifs is 1. The van der Waals surface area contributed by atoms with Gasteiger partial charge >= 0.3 is 0 Å². The van der Waals surface area contributed by atoms with Gasteiger partial charge in [-0.25, -0.2) is 0 Å². The Morgan fingerprint density at radius 3 is 2.33 bits per heavy atom. The maximum absolute atomic E-state index is 13.0. The van der Waals surface area contributed by atoms with Crippen LogP contribution >= 0.6 is 11.6 Å². The third kappa shape index (κ3) is 5.34. The predicted octanol–water partition coefficient (Wildman–Crippen LogP) is 3.08. The van der Waals surface area contributed by atoms with Crippen molar-refractivity contribution >= 4 is 29.1 Å². The normalized spacial score (nSPS) is 25.6. The number of piperidine rings is 1. The van der Waals surface area contributed by atoms with Crippen LogP contribution in [0.25, 0.3) is 0 Å². The van der Waals surface area contributed by atoms with Crippen molar-refractivity contribution in [3.63, 3.8) is 0 Å². The lowest BCUT2D eigenvalue weighted by molar-refractivity contribution is -0.139. The van der Waals surface area contributed by atoms with Crippen LogP contribution in [0.15, 0.2) is 24.3 Å². The molecule has 3 aliphatic rings. The molecule has 2 saturated heterocycles. The molecule has 6 nitrogen and oxygen atoms in total. The van der Waals surface area contributed by atoms with E-state index in [1.54, 1.807) is 12.1 Å². The van der Waals surface area contributed by atoms with Gasteiger partial charge in [0.1, 0.15) is 0 Å². The van der Waals surface area contributed by atoms with E-state index in [1.807, 2.05) is 12.1 Å². The highest BCUT2D eigenvalue weighted by Crippen LogP contribution is 2.35. The third-order valence-electron chi connectivity index (χ3n) is 6.90. The lowest BCUT2D eigenvalue weighted by Gasteiger charge is -2.45. The van der Waals surface area contributed by atoms with Crippen molar-refractivity contribution in [3.8, 4) is 0 Å². The molecule has 0 bridgehead atoms. The van der Waals surface area contributed by atoms with E-state index in [0.29, 0.717) is 35.7 Å². The van der Waals surface area contributed by atoms with E-state index in [0.717, 1.165) is 45.1 Å². The van der Waals surface area contributed by atoms with Gasteiger partial charge in [-0.3, -0.25) is 19.4 Å². The number of nitrogens with zero attached hydrogens (tertiary/aromatic N) is 3. The largest absolute Gasteiger partial charge is 0.338 e. The van der Waals surface area contributed by atoms with Crippen LogP contribution in [0.4, 0.5) is 5.69 Å². The van der Waals surface area contributed by atoms with Crippen molar-refractivity contribution in [2.45, 2.75) is 44.6 Å². The van der Waals surface area contributed by atoms with Crippen LogP contribution < -0.4 is 5.32 Å². The molecule has 30 heavy (non-hydrogen) atoms. The predicted molar refractivity (Wildman–Crippen MR) is 120 cm³/mol. The van der Waals surface area contributed by atoms with Crippen LogP contribution in [0, 0.1) is 5.92 Å². The number of piperazine rings is 1. The highest BCUT2D eigenvalue weighted by molar-refractivity contribution is 6.33. The van der Waals surface area contributed by atoms with Crippen molar-refractivity contribution in [3.05, 3.63) is 29.3 Å². The second-order valence-electron chi connectivity index (χ2n) is 8.92. The Labute approximate surface area is 184 Å². The summed E-state index contributed by atoms with van der Waals surface area (Å²) in [5.41, 5.74) is 0.649. The molecule has 0 unspecified atom stereocenters. The molecule has 7 heteroatoms. The van der Waals surface area contributed by atoms with Crippen molar-refractivity contribution < 1.29 is 9.59 Å². The van der Waals surface area contributed by atoms with Gasteiger partial charge in [0.15, 0.2) is 0 Å². The van der Waals surface area contributed by atoms with Crippen LogP contribution in [0.3, 0.4) is 0 Å². The van der Waals surface area contributed by atoms with Crippen LogP contribution in [-0.4, -0.2) is 78.4 Å². The third-order valence-corrected chi connectivity index (χ3v) is 7.23. The van der Waals surface area contributed by atoms with Crippen molar-refractivity contribution in [1.29, 1.82) is 0 Å². The number of anilines is 1. The van der Waals surface area contributed by atoms with E-state index in [2.05, 4.69) is 20.0 Å². The van der Waals surface area contributed by atoms with Gasteiger partial charge in [0.05, 0.1) is 23.8 Å². The summed E-state index contributed by atoms with van der Waals surface area (Å²) in [6, 6.07) is 7.76. The van der Waals surface area contributed by atoms with E-state index in [4.69, 9.17) is 11.6 Å². The van der Waals surface area contributed by atoms with Gasteiger partial charge in [-0.1, -0.05) is 36.6 Å². The number of para-hydroxylation sites is 1. The van der Waals surface area contributed by atoms with E-state index >= 15 is 0 Å². The molecule has 1 aliphatic carbocycles. The van der Waals surface area contributed by atoms with Gasteiger partial charge < -0.3 is 10.2 Å². The lowest BCUT2D eigenvalue weighted by Crippen LogP contribution is -2.55. The molecule has 1 aromatic rings. The number of rotatable bonds is 5. The average Bonchev–Trinajstić information content (AvgIpc) is 2.76. The summed E-state index contributed by atoms with van der Waals surface area (Å²) >= 11 is 6.11. The molecule has 1 aromatic carbocycles. The summed E-state index contributed by atoms with van der Waals surface area (Å²) in [6.07, 6.45) is 7.52. The summed E-state index contributed by atoms with van der Waals surface area (Å²) in [5.74, 6) is 0.978. The van der Waals surface area contributed by atoms with Crippen LogP contribution in [0.2, 0.25) is 5.02 Å². The molecule has 0 spiro atoms. The smallest absolute Gasteiger partial charge is 0.238 e. The van der Waals surface area contributed by atoms with Crippen molar-refractivity contribution in [2.24, 2.45) is 5.92 Å². The quantitative estimate of drug-likeness (QED) is 0.776. The Balaban J connectivity index is 1.21. The molecule has 2 atom stereocenters. The molecule has 1 saturated carbocycles. The van der Waals surface area contributed by atoms with Crippen molar-refractivity contribution in [1.82, 2.24) is 14.7 Å².